The number of halogens is 3. The summed E-state index contributed by atoms with van der Waals surface area (Å²) in [5.74, 6) is 0.471. The Morgan fingerprint density at radius 2 is 1.21 bits per heavy atom. The summed E-state index contributed by atoms with van der Waals surface area (Å²) >= 11 is 0. The zero-order chi connectivity index (χ0) is 29.4. The van der Waals surface area contributed by atoms with Gasteiger partial charge in [0.1, 0.15) is 5.76 Å². The number of hydrogen-bond donors (Lipinski definition) is 1. The molecule has 0 fully saturated rings. The average molecular weight is 569 g/mol. The van der Waals surface area contributed by atoms with Gasteiger partial charge in [0.25, 0.3) is 5.91 Å². The lowest BCUT2D eigenvalue weighted by Crippen LogP contribution is -2.29. The fourth-order valence-electron chi connectivity index (χ4n) is 4.89. The van der Waals surface area contributed by atoms with Crippen LogP contribution in [0.25, 0.3) is 0 Å². The number of hydrogen-bond acceptors (Lipinski definition) is 3. The molecule has 42 heavy (non-hydrogen) atoms. The van der Waals surface area contributed by atoms with E-state index < -0.39 is 11.7 Å². The average Bonchev–Trinajstić information content (AvgIpc) is 3.47. The third kappa shape index (κ3) is 7.98. The van der Waals surface area contributed by atoms with Gasteiger partial charge >= 0.3 is 6.18 Å². The molecule has 4 aromatic carbocycles. The summed E-state index contributed by atoms with van der Waals surface area (Å²) in [6.45, 7) is 1.33. The third-order valence-electron chi connectivity index (χ3n) is 6.99. The first kappa shape index (κ1) is 28.9. The van der Waals surface area contributed by atoms with Crippen LogP contribution in [-0.2, 0) is 32.2 Å². The predicted molar refractivity (Wildman–Crippen MR) is 156 cm³/mol. The Kier molecular flexibility index (Phi) is 9.19. The fraction of sp³-hybridized carbons (Fsp3) is 0.171. The highest BCUT2D eigenvalue weighted by atomic mass is 19.4. The molecule has 0 saturated carbocycles. The number of rotatable bonds is 11. The standard InChI is InChI=1S/C35H31F3N2O2/c36-35(37,38)30-18-16-28(17-19-30)24-40(23-27-12-6-2-7-13-27)25-31-20-21-33(42-31)34(41)39-32(29-14-8-3-9-15-29)22-26-10-4-1-5-11-26/h1-21,32H,22-25H2,(H,39,41). The molecule has 0 spiro atoms. The summed E-state index contributed by atoms with van der Waals surface area (Å²) in [7, 11) is 0. The maximum absolute atomic E-state index is 13.3. The number of nitrogens with zero attached hydrogens (tertiary/aromatic N) is 1. The Morgan fingerprint density at radius 3 is 1.81 bits per heavy atom. The molecule has 1 amide bonds. The molecule has 1 heterocycles. The molecule has 1 aromatic heterocycles. The number of nitrogens with one attached hydrogen (secondary N) is 1. The SMILES string of the molecule is O=C(NC(Cc1ccccc1)c1ccccc1)c1ccc(CN(Cc2ccccc2)Cc2ccc(C(F)(F)F)cc2)o1. The van der Waals surface area contributed by atoms with Crippen molar-refractivity contribution in [3.05, 3.63) is 167 Å². The monoisotopic (exact) mass is 568 g/mol. The Morgan fingerprint density at radius 1 is 0.667 bits per heavy atom. The van der Waals surface area contributed by atoms with Gasteiger partial charge in [-0.25, -0.2) is 0 Å². The van der Waals surface area contributed by atoms with Crippen LogP contribution in [0.2, 0.25) is 0 Å². The van der Waals surface area contributed by atoms with Gasteiger partial charge in [0.05, 0.1) is 18.2 Å². The van der Waals surface area contributed by atoms with Crippen LogP contribution in [0, 0.1) is 0 Å². The number of alkyl halides is 3. The lowest BCUT2D eigenvalue weighted by Gasteiger charge is -2.22. The fourth-order valence-corrected chi connectivity index (χ4v) is 4.89. The maximum atomic E-state index is 13.3. The topological polar surface area (TPSA) is 45.5 Å². The normalized spacial score (nSPS) is 12.3. The number of benzene rings is 4. The van der Waals surface area contributed by atoms with E-state index in [1.54, 1.807) is 12.1 Å². The zero-order valence-corrected chi connectivity index (χ0v) is 22.9. The molecular formula is C35H31F3N2O2. The van der Waals surface area contributed by atoms with Crippen LogP contribution < -0.4 is 5.32 Å². The molecule has 0 bridgehead atoms. The minimum absolute atomic E-state index is 0.202. The highest BCUT2D eigenvalue weighted by Crippen LogP contribution is 2.29. The van der Waals surface area contributed by atoms with Crippen molar-refractivity contribution < 1.29 is 22.4 Å². The summed E-state index contributed by atoms with van der Waals surface area (Å²) in [6.07, 6.45) is -3.75. The second-order valence-electron chi connectivity index (χ2n) is 10.2. The van der Waals surface area contributed by atoms with E-state index in [4.69, 9.17) is 4.42 Å². The van der Waals surface area contributed by atoms with Crippen molar-refractivity contribution in [3.63, 3.8) is 0 Å². The summed E-state index contributed by atoms with van der Waals surface area (Å²) in [5.41, 5.74) is 3.22. The van der Waals surface area contributed by atoms with Crippen LogP contribution >= 0.6 is 0 Å². The van der Waals surface area contributed by atoms with E-state index in [9.17, 15) is 18.0 Å². The molecule has 4 nitrogen and oxygen atoms in total. The van der Waals surface area contributed by atoms with Gasteiger partial charge in [-0.15, -0.1) is 0 Å². The molecule has 0 aliphatic rings. The summed E-state index contributed by atoms with van der Waals surface area (Å²) in [4.78, 5) is 15.4. The Balaban J connectivity index is 1.30. The number of amides is 1. The van der Waals surface area contributed by atoms with Crippen molar-refractivity contribution in [2.24, 2.45) is 0 Å². The van der Waals surface area contributed by atoms with Gasteiger partial charge < -0.3 is 9.73 Å². The predicted octanol–water partition coefficient (Wildman–Crippen LogP) is 8.21. The van der Waals surface area contributed by atoms with Crippen LogP contribution in [0.1, 0.15) is 50.2 Å². The molecule has 5 rings (SSSR count). The molecule has 214 valence electrons. The Bertz CT molecular complexity index is 1550. The molecule has 1 N–H and O–H groups in total. The van der Waals surface area contributed by atoms with Gasteiger partial charge in [0, 0.05) is 13.1 Å². The molecule has 0 aliphatic carbocycles. The van der Waals surface area contributed by atoms with Gasteiger partial charge in [-0.1, -0.05) is 103 Å². The van der Waals surface area contributed by atoms with Gasteiger partial charge in [0.2, 0.25) is 0 Å². The third-order valence-corrected chi connectivity index (χ3v) is 6.99. The summed E-state index contributed by atoms with van der Waals surface area (Å²) < 4.78 is 45.2. The molecular weight excluding hydrogens is 537 g/mol. The first-order valence-electron chi connectivity index (χ1n) is 13.7. The first-order valence-corrected chi connectivity index (χ1v) is 13.7. The van der Waals surface area contributed by atoms with Gasteiger partial charge in [-0.05, 0) is 52.9 Å². The van der Waals surface area contributed by atoms with Crippen LogP contribution in [0.3, 0.4) is 0 Å². The molecule has 7 heteroatoms. The van der Waals surface area contributed by atoms with E-state index in [2.05, 4.69) is 10.2 Å². The summed E-state index contributed by atoms with van der Waals surface area (Å²) in [6, 6.07) is 38.0. The first-order chi connectivity index (χ1) is 20.3. The quantitative estimate of drug-likeness (QED) is 0.175. The second-order valence-corrected chi connectivity index (χ2v) is 10.2. The summed E-state index contributed by atoms with van der Waals surface area (Å²) in [5, 5.41) is 3.12. The van der Waals surface area contributed by atoms with Crippen LogP contribution in [0.5, 0.6) is 0 Å². The lowest BCUT2D eigenvalue weighted by atomic mass is 9.99. The maximum Gasteiger partial charge on any atom is 0.416 e. The van der Waals surface area contributed by atoms with Crippen LogP contribution in [-0.4, -0.2) is 10.8 Å². The minimum Gasteiger partial charge on any atom is -0.455 e. The van der Waals surface area contributed by atoms with Crippen molar-refractivity contribution in [2.45, 2.75) is 38.3 Å². The number of furan rings is 1. The highest BCUT2D eigenvalue weighted by molar-refractivity contribution is 5.91. The van der Waals surface area contributed by atoms with Crippen molar-refractivity contribution in [1.29, 1.82) is 0 Å². The van der Waals surface area contributed by atoms with Crippen LogP contribution in [0.4, 0.5) is 13.2 Å². The van der Waals surface area contributed by atoms with Crippen molar-refractivity contribution in [3.8, 4) is 0 Å². The van der Waals surface area contributed by atoms with Crippen molar-refractivity contribution in [1.82, 2.24) is 10.2 Å². The van der Waals surface area contributed by atoms with E-state index in [1.165, 1.54) is 12.1 Å². The molecule has 1 unspecified atom stereocenters. The molecule has 0 aliphatic heterocycles. The molecule has 0 saturated heterocycles. The van der Waals surface area contributed by atoms with Crippen molar-refractivity contribution in [2.75, 3.05) is 0 Å². The van der Waals surface area contributed by atoms with Gasteiger partial charge in [-0.2, -0.15) is 13.2 Å². The number of carbonyl (C=O) groups excluding carboxylic acids is 1. The van der Waals surface area contributed by atoms with Gasteiger partial charge in [-0.3, -0.25) is 9.69 Å². The minimum atomic E-state index is -4.38. The molecule has 1 atom stereocenters. The Hall–Kier alpha value is -4.62. The molecule has 5 aromatic rings. The van der Waals surface area contributed by atoms with E-state index in [0.29, 0.717) is 31.8 Å². The number of carbonyl (C=O) groups is 1. The highest BCUT2D eigenvalue weighted by Gasteiger charge is 2.30. The lowest BCUT2D eigenvalue weighted by molar-refractivity contribution is -0.137. The van der Waals surface area contributed by atoms with Crippen molar-refractivity contribution >= 4 is 5.91 Å². The van der Waals surface area contributed by atoms with E-state index in [0.717, 1.165) is 34.4 Å². The smallest absolute Gasteiger partial charge is 0.416 e. The van der Waals surface area contributed by atoms with E-state index in [1.807, 2.05) is 91.0 Å². The van der Waals surface area contributed by atoms with E-state index in [-0.39, 0.29) is 17.7 Å². The van der Waals surface area contributed by atoms with E-state index >= 15 is 0 Å². The zero-order valence-electron chi connectivity index (χ0n) is 22.9. The molecule has 0 radical (unpaired) electrons. The largest absolute Gasteiger partial charge is 0.455 e. The second kappa shape index (κ2) is 13.4. The van der Waals surface area contributed by atoms with Crippen LogP contribution in [0.15, 0.2) is 132 Å². The van der Waals surface area contributed by atoms with Gasteiger partial charge in [0.15, 0.2) is 5.76 Å². The Labute approximate surface area is 243 Å².